The van der Waals surface area contributed by atoms with Gasteiger partial charge in [-0.05, 0) is 41.8 Å². The third-order valence-corrected chi connectivity index (χ3v) is 5.88. The van der Waals surface area contributed by atoms with Crippen molar-refractivity contribution < 1.29 is 14.3 Å². The Hall–Kier alpha value is -3.60. The molecular formula is C26H26N2O3. The first-order valence-electron chi connectivity index (χ1n) is 10.4. The van der Waals surface area contributed by atoms with E-state index in [9.17, 15) is 9.59 Å². The van der Waals surface area contributed by atoms with Gasteiger partial charge in [0.1, 0.15) is 11.3 Å². The van der Waals surface area contributed by atoms with E-state index in [2.05, 4.69) is 5.32 Å². The summed E-state index contributed by atoms with van der Waals surface area (Å²) in [4.78, 5) is 28.6. The molecule has 0 fully saturated rings. The molecule has 0 saturated carbocycles. The summed E-state index contributed by atoms with van der Waals surface area (Å²) in [5.74, 6) is 0.418. The predicted octanol–water partition coefficient (Wildman–Crippen LogP) is 3.97. The van der Waals surface area contributed by atoms with Gasteiger partial charge in [0, 0.05) is 25.1 Å². The number of carbonyl (C=O) groups excluding carboxylic acids is 2. The summed E-state index contributed by atoms with van der Waals surface area (Å²) in [5.41, 5.74) is 2.46. The number of fused-ring (bicyclic) bond motifs is 1. The standard InChI is InChI=1S/C26H26N2O3/c1-26(25(30)27-17-19-9-4-3-5-10-19)16-21-12-6-7-14-23(21)24(29)28(26)18-20-11-8-13-22(15-20)31-2/h3-15H,16-18H2,1-2H3,(H,27,30)/t26-/m0/s1. The molecule has 0 saturated heterocycles. The van der Waals surface area contributed by atoms with Crippen LogP contribution in [0.4, 0.5) is 0 Å². The second-order valence-electron chi connectivity index (χ2n) is 8.02. The summed E-state index contributed by atoms with van der Waals surface area (Å²) in [5, 5.41) is 3.04. The van der Waals surface area contributed by atoms with Crippen molar-refractivity contribution in [2.75, 3.05) is 7.11 Å². The average Bonchev–Trinajstić information content (AvgIpc) is 2.81. The Bertz CT molecular complexity index is 1100. The van der Waals surface area contributed by atoms with Crippen molar-refractivity contribution in [1.82, 2.24) is 10.2 Å². The molecule has 1 atom stereocenters. The smallest absolute Gasteiger partial charge is 0.255 e. The van der Waals surface area contributed by atoms with E-state index >= 15 is 0 Å². The summed E-state index contributed by atoms with van der Waals surface area (Å²) < 4.78 is 5.33. The molecule has 0 bridgehead atoms. The number of benzene rings is 3. The molecule has 1 heterocycles. The zero-order chi connectivity index (χ0) is 21.8. The number of amides is 2. The molecule has 31 heavy (non-hydrogen) atoms. The summed E-state index contributed by atoms with van der Waals surface area (Å²) in [6, 6.07) is 24.9. The van der Waals surface area contributed by atoms with Gasteiger partial charge >= 0.3 is 0 Å². The Morgan fingerprint density at radius 3 is 2.48 bits per heavy atom. The van der Waals surface area contributed by atoms with Gasteiger partial charge in [-0.1, -0.05) is 60.7 Å². The molecule has 2 amide bonds. The topological polar surface area (TPSA) is 58.6 Å². The van der Waals surface area contributed by atoms with E-state index < -0.39 is 5.54 Å². The quantitative estimate of drug-likeness (QED) is 0.664. The van der Waals surface area contributed by atoms with Crippen molar-refractivity contribution in [2.45, 2.75) is 32.0 Å². The third kappa shape index (κ3) is 4.17. The van der Waals surface area contributed by atoms with Crippen LogP contribution in [-0.2, 0) is 24.3 Å². The van der Waals surface area contributed by atoms with Crippen molar-refractivity contribution in [2.24, 2.45) is 0 Å². The first-order chi connectivity index (χ1) is 15.0. The fraction of sp³-hybridized carbons (Fsp3) is 0.231. The lowest BCUT2D eigenvalue weighted by atomic mass is 9.82. The minimum atomic E-state index is -1.01. The van der Waals surface area contributed by atoms with Gasteiger partial charge in [-0.2, -0.15) is 0 Å². The van der Waals surface area contributed by atoms with Crippen LogP contribution < -0.4 is 10.1 Å². The Kier molecular flexibility index (Phi) is 5.76. The lowest BCUT2D eigenvalue weighted by Crippen LogP contribution is -2.62. The van der Waals surface area contributed by atoms with Gasteiger partial charge in [0.2, 0.25) is 5.91 Å². The van der Waals surface area contributed by atoms with E-state index in [0.29, 0.717) is 25.1 Å². The number of rotatable bonds is 6. The molecule has 0 aliphatic carbocycles. The van der Waals surface area contributed by atoms with Crippen LogP contribution in [0, 0.1) is 0 Å². The minimum Gasteiger partial charge on any atom is -0.497 e. The van der Waals surface area contributed by atoms with Gasteiger partial charge in [-0.25, -0.2) is 0 Å². The van der Waals surface area contributed by atoms with Crippen LogP contribution in [-0.4, -0.2) is 29.4 Å². The second kappa shape index (κ2) is 8.64. The van der Waals surface area contributed by atoms with E-state index in [-0.39, 0.29) is 11.8 Å². The number of carbonyl (C=O) groups is 2. The maximum atomic E-state index is 13.5. The lowest BCUT2D eigenvalue weighted by Gasteiger charge is -2.44. The molecule has 4 rings (SSSR count). The fourth-order valence-corrected chi connectivity index (χ4v) is 4.09. The van der Waals surface area contributed by atoms with Crippen LogP contribution in [0.3, 0.4) is 0 Å². The highest BCUT2D eigenvalue weighted by atomic mass is 16.5. The van der Waals surface area contributed by atoms with Gasteiger partial charge in [0.05, 0.1) is 7.11 Å². The van der Waals surface area contributed by atoms with Gasteiger partial charge in [0.25, 0.3) is 5.91 Å². The lowest BCUT2D eigenvalue weighted by molar-refractivity contribution is -0.132. The zero-order valence-corrected chi connectivity index (χ0v) is 17.8. The van der Waals surface area contributed by atoms with Crippen LogP contribution in [0.2, 0.25) is 0 Å². The van der Waals surface area contributed by atoms with Gasteiger partial charge in [-0.15, -0.1) is 0 Å². The average molecular weight is 415 g/mol. The largest absolute Gasteiger partial charge is 0.497 e. The molecule has 5 heteroatoms. The van der Waals surface area contributed by atoms with E-state index in [1.54, 1.807) is 12.0 Å². The summed E-state index contributed by atoms with van der Waals surface area (Å²) in [6.07, 6.45) is 0.458. The Balaban J connectivity index is 1.66. The summed E-state index contributed by atoms with van der Waals surface area (Å²) in [7, 11) is 1.61. The van der Waals surface area contributed by atoms with Crippen molar-refractivity contribution in [3.63, 3.8) is 0 Å². The normalized spacial score (nSPS) is 17.7. The Morgan fingerprint density at radius 1 is 1.00 bits per heavy atom. The number of methoxy groups -OCH3 is 1. The maximum Gasteiger partial charge on any atom is 0.255 e. The monoisotopic (exact) mass is 414 g/mol. The molecule has 3 aromatic rings. The van der Waals surface area contributed by atoms with Crippen molar-refractivity contribution in [3.8, 4) is 5.75 Å². The van der Waals surface area contributed by atoms with Crippen molar-refractivity contribution in [3.05, 3.63) is 101 Å². The van der Waals surface area contributed by atoms with Gasteiger partial charge < -0.3 is 15.0 Å². The van der Waals surface area contributed by atoms with Crippen LogP contribution >= 0.6 is 0 Å². The van der Waals surface area contributed by atoms with Crippen LogP contribution in [0.1, 0.15) is 34.0 Å². The molecule has 0 radical (unpaired) electrons. The predicted molar refractivity (Wildman–Crippen MR) is 120 cm³/mol. The number of nitrogens with zero attached hydrogens (tertiary/aromatic N) is 1. The van der Waals surface area contributed by atoms with Crippen LogP contribution in [0.25, 0.3) is 0 Å². The number of hydrogen-bond acceptors (Lipinski definition) is 3. The van der Waals surface area contributed by atoms with E-state index in [0.717, 1.165) is 22.4 Å². The summed E-state index contributed by atoms with van der Waals surface area (Å²) >= 11 is 0. The number of nitrogens with one attached hydrogen (secondary N) is 1. The minimum absolute atomic E-state index is 0.137. The molecule has 1 aliphatic rings. The van der Waals surface area contributed by atoms with Crippen LogP contribution in [0.5, 0.6) is 5.75 Å². The summed E-state index contributed by atoms with van der Waals surface area (Å²) in [6.45, 7) is 2.58. The molecular weight excluding hydrogens is 388 g/mol. The molecule has 3 aromatic carbocycles. The van der Waals surface area contributed by atoms with Crippen molar-refractivity contribution in [1.29, 1.82) is 0 Å². The molecule has 1 N–H and O–H groups in total. The molecule has 0 aromatic heterocycles. The maximum absolute atomic E-state index is 13.5. The molecule has 1 aliphatic heterocycles. The van der Waals surface area contributed by atoms with Crippen LogP contribution in [0.15, 0.2) is 78.9 Å². The van der Waals surface area contributed by atoms with Gasteiger partial charge in [0.15, 0.2) is 0 Å². The Morgan fingerprint density at radius 2 is 1.71 bits per heavy atom. The molecule has 5 nitrogen and oxygen atoms in total. The Labute approximate surface area is 182 Å². The van der Waals surface area contributed by atoms with E-state index in [4.69, 9.17) is 4.74 Å². The zero-order valence-electron chi connectivity index (χ0n) is 17.8. The highest BCUT2D eigenvalue weighted by molar-refractivity contribution is 6.02. The SMILES string of the molecule is COc1cccc(CN2C(=O)c3ccccc3C[C@@]2(C)C(=O)NCc2ccccc2)c1. The van der Waals surface area contributed by atoms with Gasteiger partial charge in [-0.3, -0.25) is 9.59 Å². The first kappa shape index (κ1) is 20.7. The fourth-order valence-electron chi connectivity index (χ4n) is 4.09. The second-order valence-corrected chi connectivity index (χ2v) is 8.02. The third-order valence-electron chi connectivity index (χ3n) is 5.88. The molecule has 0 spiro atoms. The highest BCUT2D eigenvalue weighted by Crippen LogP contribution is 2.33. The number of ether oxygens (including phenoxy) is 1. The first-order valence-corrected chi connectivity index (χ1v) is 10.4. The molecule has 0 unspecified atom stereocenters. The number of hydrogen-bond donors (Lipinski definition) is 1. The van der Waals surface area contributed by atoms with E-state index in [1.165, 1.54) is 0 Å². The van der Waals surface area contributed by atoms with Crippen molar-refractivity contribution >= 4 is 11.8 Å². The highest BCUT2D eigenvalue weighted by Gasteiger charge is 2.46. The van der Waals surface area contributed by atoms with E-state index in [1.807, 2.05) is 85.8 Å². The molecule has 158 valence electrons.